The normalized spacial score (nSPS) is 26.6. The van der Waals surface area contributed by atoms with Gasteiger partial charge in [-0.25, -0.2) is 4.79 Å². The van der Waals surface area contributed by atoms with Crippen LogP contribution >= 0.6 is 11.6 Å². The molecule has 3 aliphatic heterocycles. The Bertz CT molecular complexity index is 739. The molecule has 3 heterocycles. The molecule has 3 fully saturated rings. The van der Waals surface area contributed by atoms with Crippen molar-refractivity contribution in [1.29, 1.82) is 0 Å². The number of nitrogens with zero attached hydrogens (tertiary/aromatic N) is 3. The minimum absolute atomic E-state index is 0.00159. The van der Waals surface area contributed by atoms with Crippen molar-refractivity contribution in [2.75, 3.05) is 52.5 Å². The number of aliphatic hydroxyl groups is 1. The molecule has 0 aromatic heterocycles. The van der Waals surface area contributed by atoms with Gasteiger partial charge in [0.15, 0.2) is 0 Å². The fourth-order valence-electron chi connectivity index (χ4n) is 4.42. The summed E-state index contributed by atoms with van der Waals surface area (Å²) in [6.07, 6.45) is 0.734. The van der Waals surface area contributed by atoms with E-state index in [9.17, 15) is 14.7 Å². The van der Waals surface area contributed by atoms with Gasteiger partial charge < -0.3 is 25.0 Å². The predicted octanol–water partition coefficient (Wildman–Crippen LogP) is 0.700. The molecule has 2 N–H and O–H groups in total. The van der Waals surface area contributed by atoms with Crippen molar-refractivity contribution in [2.45, 2.75) is 24.6 Å². The van der Waals surface area contributed by atoms with Crippen LogP contribution in [0.2, 0.25) is 5.02 Å². The smallest absolute Gasteiger partial charge is 0.320 e. The lowest BCUT2D eigenvalue weighted by molar-refractivity contribution is -0.139. The Morgan fingerprint density at radius 1 is 1.17 bits per heavy atom. The number of amides is 3. The Labute approximate surface area is 175 Å². The quantitative estimate of drug-likeness (QED) is 0.749. The van der Waals surface area contributed by atoms with Gasteiger partial charge in [-0.2, -0.15) is 0 Å². The van der Waals surface area contributed by atoms with Crippen LogP contribution in [-0.2, 0) is 9.53 Å². The summed E-state index contributed by atoms with van der Waals surface area (Å²) in [6, 6.07) is 7.31. The summed E-state index contributed by atoms with van der Waals surface area (Å²) in [5, 5.41) is 13.5. The summed E-state index contributed by atoms with van der Waals surface area (Å²) in [7, 11) is 0. The van der Waals surface area contributed by atoms with Crippen LogP contribution in [0.1, 0.15) is 18.0 Å². The number of carbonyl (C=O) groups is 2. The molecule has 3 unspecified atom stereocenters. The molecule has 0 saturated carbocycles. The maximum Gasteiger partial charge on any atom is 0.320 e. The van der Waals surface area contributed by atoms with E-state index in [1.807, 2.05) is 34.1 Å². The summed E-state index contributed by atoms with van der Waals surface area (Å²) in [5.41, 5.74) is 1.02. The molecule has 1 aromatic rings. The number of fused-ring (bicyclic) bond motifs is 1. The zero-order valence-electron chi connectivity index (χ0n) is 16.3. The first-order valence-electron chi connectivity index (χ1n) is 10.1. The van der Waals surface area contributed by atoms with Gasteiger partial charge in [-0.15, -0.1) is 0 Å². The highest BCUT2D eigenvalue weighted by molar-refractivity contribution is 6.30. The Morgan fingerprint density at radius 2 is 1.90 bits per heavy atom. The summed E-state index contributed by atoms with van der Waals surface area (Å²) < 4.78 is 5.57. The van der Waals surface area contributed by atoms with Gasteiger partial charge in [0, 0.05) is 44.3 Å². The van der Waals surface area contributed by atoms with E-state index in [1.54, 1.807) is 0 Å². The number of likely N-dealkylation sites (tertiary alicyclic amines) is 1. The van der Waals surface area contributed by atoms with Crippen LogP contribution < -0.4 is 5.32 Å². The van der Waals surface area contributed by atoms with Gasteiger partial charge in [0.2, 0.25) is 5.91 Å². The second kappa shape index (κ2) is 8.87. The van der Waals surface area contributed by atoms with Crippen molar-refractivity contribution in [1.82, 2.24) is 20.0 Å². The number of benzene rings is 1. The number of piperidine rings is 1. The third kappa shape index (κ3) is 4.50. The first-order chi connectivity index (χ1) is 14.0. The zero-order chi connectivity index (χ0) is 20.4. The van der Waals surface area contributed by atoms with Crippen molar-refractivity contribution in [3.8, 4) is 0 Å². The lowest BCUT2D eigenvalue weighted by Gasteiger charge is -2.44. The van der Waals surface area contributed by atoms with E-state index < -0.39 is 0 Å². The number of urea groups is 1. The van der Waals surface area contributed by atoms with E-state index >= 15 is 0 Å². The number of hydrogen-bond donors (Lipinski definition) is 2. The van der Waals surface area contributed by atoms with Gasteiger partial charge in [0.05, 0.1) is 24.8 Å². The second-order valence-corrected chi connectivity index (χ2v) is 8.25. The monoisotopic (exact) mass is 422 g/mol. The summed E-state index contributed by atoms with van der Waals surface area (Å²) >= 11 is 5.97. The van der Waals surface area contributed by atoms with Crippen molar-refractivity contribution in [2.24, 2.45) is 0 Å². The molecule has 0 aliphatic carbocycles. The van der Waals surface area contributed by atoms with Crippen LogP contribution in [0.3, 0.4) is 0 Å². The van der Waals surface area contributed by atoms with E-state index in [4.69, 9.17) is 16.3 Å². The Morgan fingerprint density at radius 3 is 2.59 bits per heavy atom. The number of carbonyl (C=O) groups excluding carboxylic acids is 2. The third-order valence-corrected chi connectivity index (χ3v) is 6.30. The van der Waals surface area contributed by atoms with E-state index in [0.717, 1.165) is 12.0 Å². The number of aliphatic hydroxyl groups excluding tert-OH is 1. The maximum absolute atomic E-state index is 13.0. The van der Waals surface area contributed by atoms with Gasteiger partial charge >= 0.3 is 6.03 Å². The summed E-state index contributed by atoms with van der Waals surface area (Å²) in [5.74, 6) is -0.119. The van der Waals surface area contributed by atoms with Gasteiger partial charge in [-0.1, -0.05) is 23.7 Å². The fourth-order valence-corrected chi connectivity index (χ4v) is 4.54. The molecule has 9 heteroatoms. The van der Waals surface area contributed by atoms with E-state index in [2.05, 4.69) is 10.2 Å². The number of nitrogens with one attached hydrogen (secondary N) is 1. The Hall–Kier alpha value is -1.87. The fraction of sp³-hybridized carbons (Fsp3) is 0.600. The predicted molar refractivity (Wildman–Crippen MR) is 108 cm³/mol. The summed E-state index contributed by atoms with van der Waals surface area (Å²) in [4.78, 5) is 30.4. The van der Waals surface area contributed by atoms with Crippen molar-refractivity contribution in [3.63, 3.8) is 0 Å². The van der Waals surface area contributed by atoms with Crippen molar-refractivity contribution >= 4 is 23.5 Å². The molecule has 3 saturated heterocycles. The van der Waals surface area contributed by atoms with E-state index in [0.29, 0.717) is 44.3 Å². The average molecular weight is 423 g/mol. The molecule has 8 nitrogen and oxygen atoms in total. The van der Waals surface area contributed by atoms with E-state index in [1.165, 1.54) is 0 Å². The van der Waals surface area contributed by atoms with E-state index in [-0.39, 0.29) is 43.3 Å². The number of rotatable bonds is 3. The highest BCUT2D eigenvalue weighted by Gasteiger charge is 2.38. The molecule has 3 amide bonds. The first kappa shape index (κ1) is 20.4. The zero-order valence-corrected chi connectivity index (χ0v) is 17.1. The minimum atomic E-state index is -0.126. The SMILES string of the molecule is O=C1COC2CCN(C(=O)N3CCN(C(CO)c4ccc(Cl)cc4)CC3)CC2N1. The molecule has 0 spiro atoms. The largest absolute Gasteiger partial charge is 0.394 e. The molecule has 0 bridgehead atoms. The molecule has 158 valence electrons. The number of piperazine rings is 1. The lowest BCUT2D eigenvalue weighted by atomic mass is 10.0. The molecule has 0 radical (unpaired) electrons. The number of hydrogen-bond acceptors (Lipinski definition) is 5. The van der Waals surface area contributed by atoms with Crippen LogP contribution in [-0.4, -0.2) is 96.4 Å². The molecule has 1 aromatic carbocycles. The topological polar surface area (TPSA) is 85.4 Å². The highest BCUT2D eigenvalue weighted by Crippen LogP contribution is 2.24. The lowest BCUT2D eigenvalue weighted by Crippen LogP contribution is -2.63. The van der Waals surface area contributed by atoms with Gasteiger partial charge in [-0.05, 0) is 24.1 Å². The molecular formula is C20H27ClN4O4. The molecule has 3 atom stereocenters. The van der Waals surface area contributed by atoms with Crippen LogP contribution in [0.25, 0.3) is 0 Å². The number of halogens is 1. The standard InChI is InChI=1S/C20H27ClN4O4/c21-15-3-1-14(2-4-15)17(12-26)23-7-9-24(10-8-23)20(28)25-6-5-18-16(11-25)22-19(27)13-29-18/h1-4,16-18,26H,5-13H2,(H,22,27). The van der Waals surface area contributed by atoms with Gasteiger partial charge in [0.1, 0.15) is 6.61 Å². The summed E-state index contributed by atoms with van der Waals surface area (Å²) in [6.45, 7) is 3.85. The average Bonchev–Trinajstić information content (AvgIpc) is 2.75. The minimum Gasteiger partial charge on any atom is -0.394 e. The third-order valence-electron chi connectivity index (χ3n) is 6.05. The molecular weight excluding hydrogens is 396 g/mol. The second-order valence-electron chi connectivity index (χ2n) is 7.81. The molecule has 29 heavy (non-hydrogen) atoms. The van der Waals surface area contributed by atoms with Crippen LogP contribution in [0.5, 0.6) is 0 Å². The van der Waals surface area contributed by atoms with Crippen LogP contribution in [0.4, 0.5) is 4.79 Å². The Kier molecular flexibility index (Phi) is 6.24. The van der Waals surface area contributed by atoms with Crippen molar-refractivity contribution in [3.05, 3.63) is 34.9 Å². The van der Waals surface area contributed by atoms with Gasteiger partial charge in [-0.3, -0.25) is 9.69 Å². The Balaban J connectivity index is 1.32. The highest BCUT2D eigenvalue weighted by atomic mass is 35.5. The maximum atomic E-state index is 13.0. The van der Waals surface area contributed by atoms with Crippen LogP contribution in [0, 0.1) is 0 Å². The van der Waals surface area contributed by atoms with Crippen molar-refractivity contribution < 1.29 is 19.4 Å². The number of morpholine rings is 1. The van der Waals surface area contributed by atoms with Gasteiger partial charge in [0.25, 0.3) is 0 Å². The molecule has 3 aliphatic rings. The number of ether oxygens (including phenoxy) is 1. The van der Waals surface area contributed by atoms with Crippen LogP contribution in [0.15, 0.2) is 24.3 Å². The first-order valence-corrected chi connectivity index (χ1v) is 10.5. The molecule has 4 rings (SSSR count).